The zero-order valence-electron chi connectivity index (χ0n) is 14.8. The molecule has 2 aliphatic rings. The highest BCUT2D eigenvalue weighted by molar-refractivity contribution is 5.78. The van der Waals surface area contributed by atoms with Crippen LogP contribution in [0.3, 0.4) is 0 Å². The number of nitrogens with zero attached hydrogens (tertiary/aromatic N) is 1. The summed E-state index contributed by atoms with van der Waals surface area (Å²) < 4.78 is 14.5. The number of halogens is 1. The van der Waals surface area contributed by atoms with Gasteiger partial charge in [-0.3, -0.25) is 4.79 Å². The summed E-state index contributed by atoms with van der Waals surface area (Å²) in [5.41, 5.74) is -0.713. The Balaban J connectivity index is 0.00000106. The number of rotatable bonds is 3. The molecule has 1 saturated carbocycles. The van der Waals surface area contributed by atoms with Gasteiger partial charge in [-0.25, -0.2) is 4.39 Å². The quantitative estimate of drug-likeness (QED) is 0.731. The molecule has 2 rings (SSSR count). The van der Waals surface area contributed by atoms with E-state index in [9.17, 15) is 9.18 Å². The van der Waals surface area contributed by atoms with Gasteiger partial charge in [0.1, 0.15) is 5.67 Å². The van der Waals surface area contributed by atoms with Crippen molar-refractivity contribution in [1.82, 2.24) is 4.90 Å². The van der Waals surface area contributed by atoms with Crippen molar-refractivity contribution in [2.75, 3.05) is 13.1 Å². The smallest absolute Gasteiger partial charge is 0.225 e. The summed E-state index contributed by atoms with van der Waals surface area (Å²) >= 11 is 0. The summed E-state index contributed by atoms with van der Waals surface area (Å²) in [6.45, 7) is 13.7. The highest BCUT2D eigenvalue weighted by Gasteiger charge is 2.55. The van der Waals surface area contributed by atoms with Crippen molar-refractivity contribution in [2.24, 2.45) is 17.3 Å². The molecule has 0 unspecified atom stereocenters. The van der Waals surface area contributed by atoms with E-state index in [1.807, 2.05) is 32.6 Å². The molecule has 0 radical (unpaired) electrons. The summed E-state index contributed by atoms with van der Waals surface area (Å²) in [5.74, 6) is 0.768. The number of likely N-dealkylation sites (tertiary alicyclic amines) is 1. The van der Waals surface area contributed by atoms with Crippen LogP contribution in [-0.2, 0) is 4.79 Å². The van der Waals surface area contributed by atoms with E-state index in [1.165, 1.54) is 0 Å². The Kier molecular flexibility index (Phi) is 6.24. The predicted octanol–water partition coefficient (Wildman–Crippen LogP) is 4.83. The van der Waals surface area contributed by atoms with Crippen molar-refractivity contribution in [1.29, 1.82) is 0 Å². The largest absolute Gasteiger partial charge is 0.342 e. The van der Waals surface area contributed by atoms with Crippen LogP contribution >= 0.6 is 0 Å². The van der Waals surface area contributed by atoms with Crippen LogP contribution in [0, 0.1) is 17.3 Å². The minimum Gasteiger partial charge on any atom is -0.342 e. The van der Waals surface area contributed by atoms with Gasteiger partial charge in [-0.05, 0) is 43.4 Å². The maximum absolute atomic E-state index is 14.5. The summed E-state index contributed by atoms with van der Waals surface area (Å²) in [4.78, 5) is 13.9. The summed E-state index contributed by atoms with van der Waals surface area (Å²) in [5, 5.41) is 0. The number of hydrogen-bond acceptors (Lipinski definition) is 1. The van der Waals surface area contributed by atoms with Crippen molar-refractivity contribution in [3.05, 3.63) is 0 Å². The van der Waals surface area contributed by atoms with Crippen LogP contribution in [-0.4, -0.2) is 29.6 Å². The Bertz CT molecular complexity index is 335. The average molecular weight is 299 g/mol. The van der Waals surface area contributed by atoms with Crippen molar-refractivity contribution < 1.29 is 9.18 Å². The van der Waals surface area contributed by atoms with E-state index in [0.717, 1.165) is 38.8 Å². The first-order chi connectivity index (χ1) is 9.75. The monoisotopic (exact) mass is 299 g/mol. The molecule has 1 saturated heterocycles. The fraction of sp³-hybridized carbons (Fsp3) is 0.944. The minimum absolute atomic E-state index is 0.0802. The Hall–Kier alpha value is -0.600. The lowest BCUT2D eigenvalue weighted by molar-refractivity contribution is -0.144. The third-order valence-electron chi connectivity index (χ3n) is 4.79. The van der Waals surface area contributed by atoms with Crippen LogP contribution in [0.1, 0.15) is 73.6 Å². The van der Waals surface area contributed by atoms with E-state index in [0.29, 0.717) is 12.3 Å². The molecular weight excluding hydrogens is 265 g/mol. The molecule has 0 aromatic heterocycles. The van der Waals surface area contributed by atoms with Crippen molar-refractivity contribution in [3.8, 4) is 0 Å². The molecule has 1 heterocycles. The van der Waals surface area contributed by atoms with E-state index < -0.39 is 5.67 Å². The Morgan fingerprint density at radius 2 is 1.57 bits per heavy atom. The SMILES string of the molecule is CC.CC(C)CC1(F)CC2(CCN(C(=O)C(C)C)CC2)C1. The van der Waals surface area contributed by atoms with Crippen LogP contribution in [0.2, 0.25) is 0 Å². The number of amides is 1. The first kappa shape index (κ1) is 18.4. The van der Waals surface area contributed by atoms with Crippen molar-refractivity contribution in [3.63, 3.8) is 0 Å². The van der Waals surface area contributed by atoms with Gasteiger partial charge in [0.05, 0.1) is 0 Å². The molecule has 1 spiro atoms. The molecule has 124 valence electrons. The first-order valence-corrected chi connectivity index (χ1v) is 8.73. The first-order valence-electron chi connectivity index (χ1n) is 8.73. The second-order valence-electron chi connectivity index (χ2n) is 7.58. The second kappa shape index (κ2) is 7.11. The molecule has 0 aromatic rings. The lowest BCUT2D eigenvalue weighted by Crippen LogP contribution is -2.55. The number of carbonyl (C=O) groups is 1. The second-order valence-corrected chi connectivity index (χ2v) is 7.58. The molecule has 1 amide bonds. The Morgan fingerprint density at radius 3 is 1.95 bits per heavy atom. The molecule has 2 fully saturated rings. The summed E-state index contributed by atoms with van der Waals surface area (Å²) in [7, 11) is 0. The number of piperidine rings is 1. The molecule has 0 aromatic carbocycles. The van der Waals surface area contributed by atoms with Gasteiger partial charge in [-0.1, -0.05) is 41.5 Å². The van der Waals surface area contributed by atoms with Crippen LogP contribution < -0.4 is 0 Å². The van der Waals surface area contributed by atoms with Gasteiger partial charge in [-0.2, -0.15) is 0 Å². The zero-order valence-corrected chi connectivity index (χ0v) is 14.8. The lowest BCUT2D eigenvalue weighted by Gasteiger charge is -2.56. The van der Waals surface area contributed by atoms with Gasteiger partial charge in [-0.15, -0.1) is 0 Å². The van der Waals surface area contributed by atoms with Gasteiger partial charge in [0.2, 0.25) is 5.91 Å². The minimum atomic E-state index is -0.918. The summed E-state index contributed by atoms with van der Waals surface area (Å²) in [6, 6.07) is 0. The van der Waals surface area contributed by atoms with E-state index in [2.05, 4.69) is 13.8 Å². The molecule has 1 aliphatic carbocycles. The molecule has 21 heavy (non-hydrogen) atoms. The van der Waals surface area contributed by atoms with Crippen LogP contribution in [0.5, 0.6) is 0 Å². The summed E-state index contributed by atoms with van der Waals surface area (Å²) in [6.07, 6.45) is 4.14. The van der Waals surface area contributed by atoms with Crippen LogP contribution in [0.15, 0.2) is 0 Å². The molecule has 1 aliphatic heterocycles. The fourth-order valence-electron chi connectivity index (χ4n) is 4.09. The topological polar surface area (TPSA) is 20.3 Å². The maximum atomic E-state index is 14.5. The Morgan fingerprint density at radius 1 is 1.10 bits per heavy atom. The number of alkyl halides is 1. The van der Waals surface area contributed by atoms with E-state index in [-0.39, 0.29) is 17.2 Å². The third-order valence-corrected chi connectivity index (χ3v) is 4.79. The highest BCUT2D eigenvalue weighted by atomic mass is 19.1. The number of carbonyl (C=O) groups excluding carboxylic acids is 1. The Labute approximate surface area is 130 Å². The van der Waals surface area contributed by atoms with E-state index >= 15 is 0 Å². The van der Waals surface area contributed by atoms with E-state index in [4.69, 9.17) is 0 Å². The normalized spacial score (nSPS) is 22.8. The fourth-order valence-corrected chi connectivity index (χ4v) is 4.09. The molecule has 3 heteroatoms. The van der Waals surface area contributed by atoms with Crippen LogP contribution in [0.25, 0.3) is 0 Å². The third kappa shape index (κ3) is 4.43. The molecular formula is C18H34FNO. The van der Waals surface area contributed by atoms with E-state index in [1.54, 1.807) is 0 Å². The molecule has 2 nitrogen and oxygen atoms in total. The average Bonchev–Trinajstić information content (AvgIpc) is 2.38. The van der Waals surface area contributed by atoms with Crippen LogP contribution in [0.4, 0.5) is 4.39 Å². The molecule has 0 atom stereocenters. The zero-order chi connectivity index (χ0) is 16.3. The molecule has 0 bridgehead atoms. The van der Waals surface area contributed by atoms with Gasteiger partial charge in [0, 0.05) is 19.0 Å². The number of hydrogen-bond donors (Lipinski definition) is 0. The van der Waals surface area contributed by atoms with Crippen molar-refractivity contribution in [2.45, 2.75) is 79.3 Å². The lowest BCUT2D eigenvalue weighted by atomic mass is 9.54. The maximum Gasteiger partial charge on any atom is 0.225 e. The molecule has 0 N–H and O–H groups in total. The standard InChI is InChI=1S/C16H28FNO.C2H6/c1-12(2)9-16(17)10-15(11-16)5-7-18(8-6-15)14(19)13(3)4;1-2/h12-13H,5-11H2,1-4H3;1-2H3. The van der Waals surface area contributed by atoms with Gasteiger partial charge in [0.15, 0.2) is 0 Å². The van der Waals surface area contributed by atoms with Gasteiger partial charge < -0.3 is 4.90 Å². The highest BCUT2D eigenvalue weighted by Crippen LogP contribution is 2.58. The predicted molar refractivity (Wildman–Crippen MR) is 87.0 cm³/mol. The van der Waals surface area contributed by atoms with Gasteiger partial charge >= 0.3 is 0 Å². The van der Waals surface area contributed by atoms with Crippen molar-refractivity contribution >= 4 is 5.91 Å². The van der Waals surface area contributed by atoms with Gasteiger partial charge in [0.25, 0.3) is 0 Å².